The number of amides is 1. The lowest BCUT2D eigenvalue weighted by Gasteiger charge is -2.14. The molecular formula is C25H20N2O4S. The Hall–Kier alpha value is -3.84. The monoisotopic (exact) mass is 444 g/mol. The van der Waals surface area contributed by atoms with Crippen LogP contribution in [0.1, 0.15) is 5.56 Å². The zero-order valence-electron chi connectivity index (χ0n) is 17.3. The fourth-order valence-electron chi connectivity index (χ4n) is 3.91. The Morgan fingerprint density at radius 2 is 1.59 bits per heavy atom. The molecule has 5 rings (SSSR count). The number of likely N-dealkylation sites (N-methyl/N-ethyl adjacent to an activating group) is 1. The zero-order valence-corrected chi connectivity index (χ0v) is 18.1. The van der Waals surface area contributed by atoms with E-state index in [0.29, 0.717) is 22.7 Å². The van der Waals surface area contributed by atoms with E-state index in [9.17, 15) is 13.2 Å². The lowest BCUT2D eigenvalue weighted by atomic mass is 10.1. The quantitative estimate of drug-likeness (QED) is 0.473. The number of carbonyl (C=O) groups is 1. The van der Waals surface area contributed by atoms with E-state index in [0.717, 1.165) is 16.5 Å². The number of hydrogen-bond donors (Lipinski definition) is 1. The summed E-state index contributed by atoms with van der Waals surface area (Å²) in [4.78, 5) is 13.6. The molecule has 0 radical (unpaired) electrons. The lowest BCUT2D eigenvalue weighted by Crippen LogP contribution is -2.20. The minimum Gasteiger partial charge on any atom is -0.457 e. The van der Waals surface area contributed by atoms with Crippen LogP contribution in [0, 0.1) is 0 Å². The molecule has 0 aliphatic carbocycles. The topological polar surface area (TPSA) is 75.7 Å². The van der Waals surface area contributed by atoms with Crippen LogP contribution in [0.15, 0.2) is 89.8 Å². The highest BCUT2D eigenvalue weighted by Crippen LogP contribution is 2.34. The summed E-state index contributed by atoms with van der Waals surface area (Å²) in [6, 6.07) is 25.4. The number of carbonyl (C=O) groups excluding carboxylic acids is 1. The van der Waals surface area contributed by atoms with Gasteiger partial charge in [0, 0.05) is 29.4 Å². The van der Waals surface area contributed by atoms with Crippen molar-refractivity contribution in [3.8, 4) is 11.5 Å². The third kappa shape index (κ3) is 3.56. The smallest absolute Gasteiger partial charge is 0.262 e. The van der Waals surface area contributed by atoms with E-state index in [4.69, 9.17) is 4.74 Å². The molecule has 0 atom stereocenters. The second-order valence-corrected chi connectivity index (χ2v) is 9.24. The molecular weight excluding hydrogens is 424 g/mol. The number of sulfonamides is 1. The number of anilines is 2. The van der Waals surface area contributed by atoms with Gasteiger partial charge in [-0.1, -0.05) is 42.5 Å². The van der Waals surface area contributed by atoms with Gasteiger partial charge in [-0.3, -0.25) is 9.52 Å². The predicted octanol–water partition coefficient (Wildman–Crippen LogP) is 4.95. The maximum absolute atomic E-state index is 13.0. The van der Waals surface area contributed by atoms with Crippen LogP contribution in [-0.2, 0) is 21.2 Å². The molecule has 1 N–H and O–H groups in total. The summed E-state index contributed by atoms with van der Waals surface area (Å²) in [6.45, 7) is 0. The lowest BCUT2D eigenvalue weighted by molar-refractivity contribution is -0.117. The van der Waals surface area contributed by atoms with Gasteiger partial charge >= 0.3 is 0 Å². The first-order valence-corrected chi connectivity index (χ1v) is 11.6. The summed E-state index contributed by atoms with van der Waals surface area (Å²) in [7, 11) is -2.21. The highest BCUT2D eigenvalue weighted by Gasteiger charge is 2.30. The molecule has 160 valence electrons. The van der Waals surface area contributed by atoms with Gasteiger partial charge in [0.15, 0.2) is 0 Å². The van der Waals surface area contributed by atoms with E-state index >= 15 is 0 Å². The number of fused-ring (bicyclic) bond motifs is 2. The van der Waals surface area contributed by atoms with Crippen LogP contribution in [0.2, 0.25) is 0 Å². The van der Waals surface area contributed by atoms with Gasteiger partial charge in [-0.15, -0.1) is 0 Å². The van der Waals surface area contributed by atoms with E-state index < -0.39 is 10.0 Å². The fourth-order valence-corrected chi connectivity index (χ4v) is 5.23. The Morgan fingerprint density at radius 3 is 2.41 bits per heavy atom. The number of rotatable bonds is 5. The fraction of sp³-hybridized carbons (Fsp3) is 0.0800. The SMILES string of the molecule is CN1C(=O)Cc2c1cccc2S(=O)(=O)Nc1ccc(Oc2cccc3ccccc23)cc1. The number of ether oxygens (including phenoxy) is 1. The van der Waals surface area contributed by atoms with E-state index in [1.54, 1.807) is 43.4 Å². The summed E-state index contributed by atoms with van der Waals surface area (Å²) in [6.07, 6.45) is 0.0702. The van der Waals surface area contributed by atoms with Crippen LogP contribution in [0.5, 0.6) is 11.5 Å². The zero-order chi connectivity index (χ0) is 22.3. The third-order valence-electron chi connectivity index (χ3n) is 5.55. The minimum atomic E-state index is -3.86. The molecule has 0 saturated carbocycles. The summed E-state index contributed by atoms with van der Waals surface area (Å²) in [5, 5.41) is 2.08. The summed E-state index contributed by atoms with van der Waals surface area (Å²) in [5.41, 5.74) is 1.55. The Balaban J connectivity index is 1.38. The first-order valence-electron chi connectivity index (χ1n) is 10.1. The minimum absolute atomic E-state index is 0.0702. The molecule has 1 aliphatic heterocycles. The molecule has 0 aromatic heterocycles. The van der Waals surface area contributed by atoms with Gasteiger partial charge in [-0.25, -0.2) is 8.42 Å². The van der Waals surface area contributed by atoms with Gasteiger partial charge in [0.2, 0.25) is 5.91 Å². The molecule has 4 aromatic carbocycles. The van der Waals surface area contributed by atoms with Crippen LogP contribution in [0.25, 0.3) is 10.8 Å². The summed E-state index contributed by atoms with van der Waals surface area (Å²) < 4.78 is 34.7. The Morgan fingerprint density at radius 1 is 0.875 bits per heavy atom. The first-order chi connectivity index (χ1) is 15.4. The van der Waals surface area contributed by atoms with Crippen molar-refractivity contribution in [2.75, 3.05) is 16.7 Å². The summed E-state index contributed by atoms with van der Waals surface area (Å²) in [5.74, 6) is 1.19. The molecule has 0 spiro atoms. The van der Waals surface area contributed by atoms with Gasteiger partial charge in [0.05, 0.1) is 11.3 Å². The van der Waals surface area contributed by atoms with E-state index in [2.05, 4.69) is 4.72 Å². The predicted molar refractivity (Wildman–Crippen MR) is 125 cm³/mol. The highest BCUT2D eigenvalue weighted by molar-refractivity contribution is 7.92. The van der Waals surface area contributed by atoms with E-state index in [-0.39, 0.29) is 17.2 Å². The van der Waals surface area contributed by atoms with Crippen molar-refractivity contribution in [3.63, 3.8) is 0 Å². The standard InChI is InChI=1S/C25H20N2O4S/c1-27-22-9-5-11-24(21(22)16-25(27)28)32(29,30)26-18-12-14-19(15-13-18)31-23-10-4-7-17-6-2-3-8-20(17)23/h2-15,26H,16H2,1H3. The summed E-state index contributed by atoms with van der Waals surface area (Å²) >= 11 is 0. The Labute approximate surface area is 186 Å². The molecule has 1 amide bonds. The van der Waals surface area contributed by atoms with Crippen molar-refractivity contribution in [3.05, 3.63) is 90.5 Å². The molecule has 6 nitrogen and oxygen atoms in total. The van der Waals surface area contributed by atoms with Crippen LogP contribution in [0.4, 0.5) is 11.4 Å². The maximum Gasteiger partial charge on any atom is 0.262 e. The molecule has 0 saturated heterocycles. The number of hydrogen-bond acceptors (Lipinski definition) is 4. The van der Waals surface area contributed by atoms with Crippen molar-refractivity contribution < 1.29 is 17.9 Å². The molecule has 7 heteroatoms. The Bertz CT molecular complexity index is 1440. The van der Waals surface area contributed by atoms with Gasteiger partial charge in [0.25, 0.3) is 10.0 Å². The Kier molecular flexibility index (Phi) is 4.83. The van der Waals surface area contributed by atoms with E-state index in [1.807, 2.05) is 42.5 Å². The molecule has 4 aromatic rings. The largest absolute Gasteiger partial charge is 0.457 e. The van der Waals surface area contributed by atoms with E-state index in [1.165, 1.54) is 11.0 Å². The third-order valence-corrected chi connectivity index (χ3v) is 7.01. The molecule has 0 unspecified atom stereocenters. The van der Waals surface area contributed by atoms with Crippen LogP contribution >= 0.6 is 0 Å². The van der Waals surface area contributed by atoms with Crippen molar-refractivity contribution in [2.45, 2.75) is 11.3 Å². The van der Waals surface area contributed by atoms with Crippen LogP contribution in [0.3, 0.4) is 0 Å². The van der Waals surface area contributed by atoms with Gasteiger partial charge < -0.3 is 9.64 Å². The van der Waals surface area contributed by atoms with Crippen molar-refractivity contribution in [1.29, 1.82) is 0 Å². The second kappa shape index (κ2) is 7.69. The van der Waals surface area contributed by atoms with Gasteiger partial charge in [-0.2, -0.15) is 0 Å². The average Bonchev–Trinajstić information content (AvgIpc) is 3.09. The van der Waals surface area contributed by atoms with Crippen molar-refractivity contribution >= 4 is 38.1 Å². The highest BCUT2D eigenvalue weighted by atomic mass is 32.2. The van der Waals surface area contributed by atoms with Crippen LogP contribution in [-0.4, -0.2) is 21.4 Å². The molecule has 0 fully saturated rings. The molecule has 32 heavy (non-hydrogen) atoms. The van der Waals surface area contributed by atoms with Crippen molar-refractivity contribution in [2.24, 2.45) is 0 Å². The number of nitrogens with one attached hydrogen (secondary N) is 1. The average molecular weight is 445 g/mol. The van der Waals surface area contributed by atoms with Gasteiger partial charge in [0.1, 0.15) is 11.5 Å². The first kappa shape index (κ1) is 20.1. The molecule has 0 bridgehead atoms. The number of benzene rings is 4. The van der Waals surface area contributed by atoms with Crippen LogP contribution < -0.4 is 14.4 Å². The second-order valence-electron chi connectivity index (χ2n) is 7.59. The maximum atomic E-state index is 13.0. The van der Waals surface area contributed by atoms with Crippen molar-refractivity contribution in [1.82, 2.24) is 0 Å². The van der Waals surface area contributed by atoms with Gasteiger partial charge in [-0.05, 0) is 47.9 Å². The number of nitrogens with zero attached hydrogens (tertiary/aromatic N) is 1. The molecule has 1 heterocycles. The molecule has 1 aliphatic rings. The normalized spacial score (nSPS) is 13.3.